The highest BCUT2D eigenvalue weighted by molar-refractivity contribution is 5.94. The van der Waals surface area contributed by atoms with E-state index in [1.807, 2.05) is 49.5 Å². The van der Waals surface area contributed by atoms with Crippen molar-refractivity contribution in [2.45, 2.75) is 51.6 Å². The predicted molar refractivity (Wildman–Crippen MR) is 151 cm³/mol. The third kappa shape index (κ3) is 6.22. The van der Waals surface area contributed by atoms with Gasteiger partial charge >= 0.3 is 6.09 Å². The fourth-order valence-electron chi connectivity index (χ4n) is 5.09. The third-order valence-corrected chi connectivity index (χ3v) is 7.55. The lowest BCUT2D eigenvalue weighted by Gasteiger charge is -2.35. The summed E-state index contributed by atoms with van der Waals surface area (Å²) in [5.41, 5.74) is 4.31. The molecule has 5 rings (SSSR count). The Labute approximate surface area is 229 Å². The molecule has 0 bridgehead atoms. The van der Waals surface area contributed by atoms with E-state index in [-0.39, 0.29) is 18.0 Å². The molecule has 0 saturated carbocycles. The number of pyridine rings is 1. The molecule has 4 heterocycles. The van der Waals surface area contributed by atoms with Crippen molar-refractivity contribution in [1.82, 2.24) is 29.7 Å². The molecule has 39 heavy (non-hydrogen) atoms. The van der Waals surface area contributed by atoms with Crippen LogP contribution in [0.4, 0.5) is 16.4 Å². The van der Waals surface area contributed by atoms with Gasteiger partial charge in [-0.3, -0.25) is 4.79 Å². The third-order valence-electron chi connectivity index (χ3n) is 7.55. The molecule has 2 atom stereocenters. The Morgan fingerprint density at radius 2 is 1.97 bits per heavy atom. The van der Waals surface area contributed by atoms with Gasteiger partial charge in [0.2, 0.25) is 5.95 Å². The molecule has 2 N–H and O–H groups in total. The first-order valence-corrected chi connectivity index (χ1v) is 13.8. The molecule has 10 heteroatoms. The normalized spacial score (nSPS) is 20.0. The summed E-state index contributed by atoms with van der Waals surface area (Å²) in [7, 11) is 2.13. The highest BCUT2D eigenvalue weighted by Gasteiger charge is 2.24. The van der Waals surface area contributed by atoms with E-state index >= 15 is 0 Å². The number of anilines is 2. The van der Waals surface area contributed by atoms with Crippen LogP contribution in [0.3, 0.4) is 0 Å². The molecule has 2 aromatic heterocycles. The predicted octanol–water partition coefficient (Wildman–Crippen LogP) is 4.32. The quantitative estimate of drug-likeness (QED) is 0.468. The van der Waals surface area contributed by atoms with Gasteiger partial charge in [0.25, 0.3) is 5.91 Å². The van der Waals surface area contributed by atoms with Gasteiger partial charge in [0.15, 0.2) is 5.65 Å². The summed E-state index contributed by atoms with van der Waals surface area (Å²) in [5, 5.41) is 11.0. The second-order valence-electron chi connectivity index (χ2n) is 10.4. The van der Waals surface area contributed by atoms with Crippen LogP contribution in [0.5, 0.6) is 0 Å². The lowest BCUT2D eigenvalue weighted by atomic mass is 9.98. The highest BCUT2D eigenvalue weighted by Crippen LogP contribution is 2.27. The summed E-state index contributed by atoms with van der Waals surface area (Å²) >= 11 is 0. The lowest BCUT2D eigenvalue weighted by molar-refractivity contribution is 0.0896. The highest BCUT2D eigenvalue weighted by atomic mass is 16.6. The molecule has 10 nitrogen and oxygen atoms in total. The maximum atomic E-state index is 12.8. The van der Waals surface area contributed by atoms with Crippen LogP contribution < -0.4 is 10.6 Å². The molecular formula is C29H37N7O3. The molecule has 2 aliphatic rings. The van der Waals surface area contributed by atoms with Crippen molar-refractivity contribution in [3.05, 3.63) is 59.8 Å². The Kier molecular flexibility index (Phi) is 8.11. The van der Waals surface area contributed by atoms with E-state index in [1.165, 1.54) is 0 Å². The number of hydrogen-bond donors (Lipinski definition) is 2. The minimum Gasteiger partial charge on any atom is -0.449 e. The van der Waals surface area contributed by atoms with Crippen LogP contribution in [0.15, 0.2) is 48.7 Å². The standard InChI is InChI=1S/C29H37N7O3/c1-4-18-39-29(38)35-16-11-21(12-17-35)25-6-5-14-36-26(25)32-28(33-36)31-23-9-7-22(8-10-23)27(37)30-24-13-15-34(3)20(2)19-24/h5-11,14,20,24H,4,12-13,15-19H2,1-3H3,(H,30,37)(H,31,33). The molecule has 2 unspecified atom stereocenters. The minimum absolute atomic E-state index is 0.0447. The van der Waals surface area contributed by atoms with Crippen molar-refractivity contribution < 1.29 is 14.3 Å². The van der Waals surface area contributed by atoms with Gasteiger partial charge in [-0.25, -0.2) is 9.31 Å². The number of nitrogens with one attached hydrogen (secondary N) is 2. The summed E-state index contributed by atoms with van der Waals surface area (Å²) in [5.74, 6) is 0.429. The monoisotopic (exact) mass is 531 g/mol. The molecule has 0 spiro atoms. The van der Waals surface area contributed by atoms with Gasteiger partial charge in [0, 0.05) is 54.7 Å². The average Bonchev–Trinajstić information content (AvgIpc) is 3.36. The second kappa shape index (κ2) is 11.9. The average molecular weight is 532 g/mol. The molecule has 1 aromatic carbocycles. The zero-order chi connectivity index (χ0) is 27.4. The minimum atomic E-state index is -0.265. The summed E-state index contributed by atoms with van der Waals surface area (Å²) in [6, 6.07) is 12.0. The molecule has 3 aromatic rings. The van der Waals surface area contributed by atoms with Crippen LogP contribution >= 0.6 is 0 Å². The second-order valence-corrected chi connectivity index (χ2v) is 10.4. The number of fused-ring (bicyclic) bond motifs is 1. The molecular weight excluding hydrogens is 494 g/mol. The number of piperidine rings is 1. The van der Waals surface area contributed by atoms with Crippen molar-refractivity contribution in [2.75, 3.05) is 38.6 Å². The number of likely N-dealkylation sites (tertiary alicyclic amines) is 1. The molecule has 0 aliphatic carbocycles. The summed E-state index contributed by atoms with van der Waals surface area (Å²) in [6.45, 7) is 6.72. The summed E-state index contributed by atoms with van der Waals surface area (Å²) < 4.78 is 7.02. The Morgan fingerprint density at radius 1 is 1.15 bits per heavy atom. The van der Waals surface area contributed by atoms with Gasteiger partial charge in [-0.15, -0.1) is 5.10 Å². The molecule has 2 aliphatic heterocycles. The lowest BCUT2D eigenvalue weighted by Crippen LogP contribution is -2.47. The Balaban J connectivity index is 1.23. The van der Waals surface area contributed by atoms with E-state index in [2.05, 4.69) is 40.7 Å². The SMILES string of the molecule is CCCOC(=O)N1CC=C(c2cccn3nc(Nc4ccc(C(=O)NC5CCN(C)C(C)C5)cc4)nc23)CC1. The number of hydrogen-bond acceptors (Lipinski definition) is 7. The molecule has 1 fully saturated rings. The van der Waals surface area contributed by atoms with Crippen LogP contribution in [0.1, 0.15) is 55.5 Å². The number of nitrogens with zero attached hydrogens (tertiary/aromatic N) is 5. The van der Waals surface area contributed by atoms with E-state index < -0.39 is 0 Å². The van der Waals surface area contributed by atoms with Crippen molar-refractivity contribution in [3.63, 3.8) is 0 Å². The first kappa shape index (κ1) is 26.7. The first-order chi connectivity index (χ1) is 18.9. The summed E-state index contributed by atoms with van der Waals surface area (Å²) in [4.78, 5) is 33.7. The van der Waals surface area contributed by atoms with Crippen molar-refractivity contribution in [2.24, 2.45) is 0 Å². The van der Waals surface area contributed by atoms with Crippen LogP contribution in [-0.4, -0.2) is 81.8 Å². The van der Waals surface area contributed by atoms with Crippen molar-refractivity contribution in [1.29, 1.82) is 0 Å². The van der Waals surface area contributed by atoms with Gasteiger partial charge in [-0.05, 0) is 81.6 Å². The zero-order valence-electron chi connectivity index (χ0n) is 22.9. The number of ether oxygens (including phenoxy) is 1. The van der Waals surface area contributed by atoms with E-state index in [4.69, 9.17) is 9.72 Å². The van der Waals surface area contributed by atoms with Crippen molar-refractivity contribution >= 4 is 34.9 Å². The van der Waals surface area contributed by atoms with Crippen LogP contribution in [0, 0.1) is 0 Å². The van der Waals surface area contributed by atoms with Gasteiger partial charge in [-0.2, -0.15) is 4.98 Å². The van der Waals surface area contributed by atoms with E-state index in [9.17, 15) is 9.59 Å². The number of carbonyl (C=O) groups is 2. The number of rotatable bonds is 7. The molecule has 206 valence electrons. The Hall–Kier alpha value is -3.92. The van der Waals surface area contributed by atoms with E-state index in [0.29, 0.717) is 37.3 Å². The molecule has 2 amide bonds. The fourth-order valence-corrected chi connectivity index (χ4v) is 5.09. The van der Waals surface area contributed by atoms with Gasteiger partial charge in [0.05, 0.1) is 6.61 Å². The fraction of sp³-hybridized carbons (Fsp3) is 0.448. The van der Waals surface area contributed by atoms with Crippen LogP contribution in [0.25, 0.3) is 11.2 Å². The number of amides is 2. The molecule has 1 saturated heterocycles. The maximum absolute atomic E-state index is 12.8. The van der Waals surface area contributed by atoms with Gasteiger partial charge < -0.3 is 25.2 Å². The Morgan fingerprint density at radius 3 is 2.69 bits per heavy atom. The number of aromatic nitrogens is 3. The smallest absolute Gasteiger partial charge is 0.410 e. The number of carbonyl (C=O) groups excluding carboxylic acids is 2. The van der Waals surface area contributed by atoms with E-state index in [0.717, 1.165) is 54.7 Å². The van der Waals surface area contributed by atoms with Gasteiger partial charge in [0.1, 0.15) is 0 Å². The first-order valence-electron chi connectivity index (χ1n) is 13.8. The number of benzene rings is 1. The Bertz CT molecular complexity index is 1350. The van der Waals surface area contributed by atoms with Gasteiger partial charge in [-0.1, -0.05) is 13.0 Å². The zero-order valence-corrected chi connectivity index (χ0v) is 22.9. The largest absolute Gasteiger partial charge is 0.449 e. The van der Waals surface area contributed by atoms with E-state index in [1.54, 1.807) is 9.42 Å². The molecule has 0 radical (unpaired) electrons. The summed E-state index contributed by atoms with van der Waals surface area (Å²) in [6.07, 6.45) is 7.12. The van der Waals surface area contributed by atoms with Crippen molar-refractivity contribution in [3.8, 4) is 0 Å². The van der Waals surface area contributed by atoms with Crippen LogP contribution in [0.2, 0.25) is 0 Å². The maximum Gasteiger partial charge on any atom is 0.410 e. The topological polar surface area (TPSA) is 104 Å². The van der Waals surface area contributed by atoms with Crippen LogP contribution in [-0.2, 0) is 4.74 Å².